The number of aryl methyl sites for hydroxylation is 1. The highest BCUT2D eigenvalue weighted by Crippen LogP contribution is 2.23. The fourth-order valence-corrected chi connectivity index (χ4v) is 2.20. The van der Waals surface area contributed by atoms with Crippen molar-refractivity contribution in [1.29, 1.82) is 5.41 Å². The van der Waals surface area contributed by atoms with E-state index in [-0.39, 0.29) is 6.61 Å². The lowest BCUT2D eigenvalue weighted by molar-refractivity contribution is 0.168. The van der Waals surface area contributed by atoms with Crippen LogP contribution in [0.1, 0.15) is 31.4 Å². The summed E-state index contributed by atoms with van der Waals surface area (Å²) >= 11 is 0. The Hall–Kier alpha value is -3.16. The van der Waals surface area contributed by atoms with Gasteiger partial charge in [0.25, 0.3) is 0 Å². The van der Waals surface area contributed by atoms with Gasteiger partial charge in [0.1, 0.15) is 5.82 Å². The highest BCUT2D eigenvalue weighted by atomic mass is 16.5. The first-order valence-corrected chi connectivity index (χ1v) is 8.50. The van der Waals surface area contributed by atoms with E-state index < -0.39 is 6.09 Å². The molecule has 2 rings (SSSR count). The van der Waals surface area contributed by atoms with Crippen LogP contribution in [-0.2, 0) is 4.74 Å². The number of anilines is 4. The number of carbonyl (C=O) groups excluding carboxylic acids is 1. The third-order valence-electron chi connectivity index (χ3n) is 3.49. The number of aromatic nitrogens is 2. The number of nitrogens with zero attached hydrogens (tertiary/aromatic N) is 2. The molecular weight excluding hydrogens is 332 g/mol. The van der Waals surface area contributed by atoms with E-state index in [2.05, 4.69) is 32.8 Å². The summed E-state index contributed by atoms with van der Waals surface area (Å²) in [6, 6.07) is 5.22. The molecule has 138 valence electrons. The van der Waals surface area contributed by atoms with Crippen molar-refractivity contribution in [3.63, 3.8) is 0 Å². The normalized spacial score (nSPS) is 10.1. The molecule has 1 aromatic carbocycles. The van der Waals surface area contributed by atoms with E-state index in [1.54, 1.807) is 31.3 Å². The van der Waals surface area contributed by atoms with Gasteiger partial charge < -0.3 is 20.8 Å². The van der Waals surface area contributed by atoms with Crippen LogP contribution in [0.5, 0.6) is 0 Å². The summed E-state index contributed by atoms with van der Waals surface area (Å²) < 4.78 is 4.89. The van der Waals surface area contributed by atoms with Crippen molar-refractivity contribution >= 4 is 35.4 Å². The number of rotatable bonds is 8. The van der Waals surface area contributed by atoms with E-state index in [1.807, 2.05) is 6.92 Å². The van der Waals surface area contributed by atoms with E-state index in [1.165, 1.54) is 6.21 Å². The number of ether oxygens (including phenoxy) is 1. The molecule has 26 heavy (non-hydrogen) atoms. The topological polar surface area (TPSA) is 112 Å². The van der Waals surface area contributed by atoms with Gasteiger partial charge >= 0.3 is 6.09 Å². The first kappa shape index (κ1) is 19.2. The average molecular weight is 356 g/mol. The zero-order chi connectivity index (χ0) is 18.9. The molecule has 0 aliphatic carbocycles. The Morgan fingerprint density at radius 3 is 2.85 bits per heavy atom. The number of benzene rings is 1. The van der Waals surface area contributed by atoms with Crippen LogP contribution in [0.2, 0.25) is 0 Å². The summed E-state index contributed by atoms with van der Waals surface area (Å²) in [6.07, 6.45) is 3.35. The predicted molar refractivity (Wildman–Crippen MR) is 104 cm³/mol. The Kier molecular flexibility index (Phi) is 6.90. The maximum absolute atomic E-state index is 11.7. The van der Waals surface area contributed by atoms with Crippen molar-refractivity contribution in [3.05, 3.63) is 35.5 Å². The van der Waals surface area contributed by atoms with E-state index in [9.17, 15) is 4.79 Å². The monoisotopic (exact) mass is 356 g/mol. The standard InChI is InChI=1S/C18H24N6O2/c1-4-8-20-16-12(3)11-21-17(24-16)22-14-7-6-13(10-19)15(9-14)23-18(25)26-5-2/h6-7,9-11,19H,4-5,8H2,1-3H3,(H,23,25)(H2,20,21,22,24). The van der Waals surface area contributed by atoms with Gasteiger partial charge in [-0.1, -0.05) is 6.92 Å². The summed E-state index contributed by atoms with van der Waals surface area (Å²) in [7, 11) is 0. The first-order chi connectivity index (χ1) is 12.6. The van der Waals surface area contributed by atoms with Gasteiger partial charge in [0.05, 0.1) is 12.3 Å². The van der Waals surface area contributed by atoms with Gasteiger partial charge in [0, 0.05) is 35.8 Å². The fourth-order valence-electron chi connectivity index (χ4n) is 2.20. The molecule has 0 saturated heterocycles. The van der Waals surface area contributed by atoms with Crippen LogP contribution in [0.3, 0.4) is 0 Å². The lowest BCUT2D eigenvalue weighted by atomic mass is 10.1. The van der Waals surface area contributed by atoms with Gasteiger partial charge in [-0.3, -0.25) is 5.32 Å². The number of amides is 1. The van der Waals surface area contributed by atoms with Gasteiger partial charge in [-0.15, -0.1) is 0 Å². The second-order valence-electron chi connectivity index (χ2n) is 5.57. The third kappa shape index (κ3) is 5.17. The number of hydrogen-bond acceptors (Lipinski definition) is 7. The zero-order valence-corrected chi connectivity index (χ0v) is 15.2. The maximum Gasteiger partial charge on any atom is 0.411 e. The fraction of sp³-hybridized carbons (Fsp3) is 0.333. The Morgan fingerprint density at radius 1 is 1.35 bits per heavy atom. The van der Waals surface area contributed by atoms with Gasteiger partial charge in [-0.05, 0) is 38.5 Å². The van der Waals surface area contributed by atoms with Crippen molar-refractivity contribution in [2.45, 2.75) is 27.2 Å². The SMILES string of the molecule is CCCNc1nc(Nc2ccc(C=N)c(NC(=O)OCC)c2)ncc1C. The van der Waals surface area contributed by atoms with E-state index in [4.69, 9.17) is 10.1 Å². The van der Waals surface area contributed by atoms with Crippen LogP contribution in [0, 0.1) is 12.3 Å². The highest BCUT2D eigenvalue weighted by Gasteiger charge is 2.09. The third-order valence-corrected chi connectivity index (χ3v) is 3.49. The summed E-state index contributed by atoms with van der Waals surface area (Å²) in [5, 5.41) is 16.5. The molecule has 1 amide bonds. The molecule has 0 atom stereocenters. The molecule has 0 aliphatic heterocycles. The molecule has 0 bridgehead atoms. The van der Waals surface area contributed by atoms with Crippen molar-refractivity contribution in [2.75, 3.05) is 29.1 Å². The summed E-state index contributed by atoms with van der Waals surface area (Å²) in [5.74, 6) is 1.23. The molecule has 1 aromatic heterocycles. The minimum absolute atomic E-state index is 0.272. The van der Waals surface area contributed by atoms with Crippen molar-refractivity contribution in [1.82, 2.24) is 9.97 Å². The smallest absolute Gasteiger partial charge is 0.411 e. The van der Waals surface area contributed by atoms with E-state index in [0.717, 1.165) is 24.3 Å². The van der Waals surface area contributed by atoms with Gasteiger partial charge in [-0.25, -0.2) is 9.78 Å². The molecule has 0 radical (unpaired) electrons. The number of carbonyl (C=O) groups is 1. The highest BCUT2D eigenvalue weighted by molar-refractivity contribution is 5.95. The van der Waals surface area contributed by atoms with Crippen LogP contribution in [0.25, 0.3) is 0 Å². The van der Waals surface area contributed by atoms with E-state index >= 15 is 0 Å². The molecule has 8 nitrogen and oxygen atoms in total. The van der Waals surface area contributed by atoms with E-state index in [0.29, 0.717) is 22.9 Å². The van der Waals surface area contributed by atoms with Crippen molar-refractivity contribution < 1.29 is 9.53 Å². The molecule has 0 fully saturated rings. The number of hydrogen-bond donors (Lipinski definition) is 4. The van der Waals surface area contributed by atoms with Gasteiger partial charge in [0.15, 0.2) is 0 Å². The van der Waals surface area contributed by atoms with Gasteiger partial charge in [-0.2, -0.15) is 4.98 Å². The quantitative estimate of drug-likeness (QED) is 0.533. The van der Waals surface area contributed by atoms with Crippen LogP contribution in [0.15, 0.2) is 24.4 Å². The second kappa shape index (κ2) is 9.36. The minimum atomic E-state index is -0.564. The Bertz CT molecular complexity index is 778. The average Bonchev–Trinajstić information content (AvgIpc) is 2.62. The summed E-state index contributed by atoms with van der Waals surface area (Å²) in [4.78, 5) is 20.4. The molecule has 0 saturated carbocycles. The molecule has 8 heteroatoms. The Labute approximate surface area is 152 Å². The summed E-state index contributed by atoms with van der Waals surface area (Å²) in [6.45, 7) is 6.87. The van der Waals surface area contributed by atoms with Crippen LogP contribution in [0.4, 0.5) is 27.9 Å². The lowest BCUT2D eigenvalue weighted by Crippen LogP contribution is -2.14. The first-order valence-electron chi connectivity index (χ1n) is 8.50. The van der Waals surface area contributed by atoms with Crippen molar-refractivity contribution in [2.24, 2.45) is 0 Å². The Balaban J connectivity index is 2.21. The van der Waals surface area contributed by atoms with Crippen LogP contribution in [-0.4, -0.2) is 35.4 Å². The zero-order valence-electron chi connectivity index (χ0n) is 15.2. The number of nitrogens with one attached hydrogen (secondary N) is 4. The van der Waals surface area contributed by atoms with Gasteiger partial charge in [0.2, 0.25) is 5.95 Å². The molecule has 0 spiro atoms. The molecule has 2 aromatic rings. The van der Waals surface area contributed by atoms with Crippen LogP contribution < -0.4 is 16.0 Å². The molecule has 1 heterocycles. The molecule has 4 N–H and O–H groups in total. The Morgan fingerprint density at radius 2 is 2.15 bits per heavy atom. The van der Waals surface area contributed by atoms with Crippen molar-refractivity contribution in [3.8, 4) is 0 Å². The molecule has 0 unspecified atom stereocenters. The van der Waals surface area contributed by atoms with Crippen LogP contribution >= 0.6 is 0 Å². The largest absolute Gasteiger partial charge is 0.450 e. The summed E-state index contributed by atoms with van der Waals surface area (Å²) in [5.41, 5.74) is 2.69. The maximum atomic E-state index is 11.7. The molecular formula is C18H24N6O2. The minimum Gasteiger partial charge on any atom is -0.450 e. The predicted octanol–water partition coefficient (Wildman–Crippen LogP) is 3.92. The molecule has 0 aliphatic rings. The second-order valence-corrected chi connectivity index (χ2v) is 5.57. The lowest BCUT2D eigenvalue weighted by Gasteiger charge is -2.13.